The number of carbonyl (C=O) groups excluding carboxylic acids is 2. The first kappa shape index (κ1) is 16.6. The van der Waals surface area contributed by atoms with E-state index in [4.69, 9.17) is 4.74 Å². The molecule has 0 saturated carbocycles. The van der Waals surface area contributed by atoms with Gasteiger partial charge >= 0.3 is 5.97 Å². The maximum absolute atomic E-state index is 12.3. The highest BCUT2D eigenvalue weighted by atomic mass is 28.4. The molecule has 0 N–H and O–H groups in total. The molecule has 0 aliphatic heterocycles. The molecular formula is C12H26O3Si2. The second-order valence-corrected chi connectivity index (χ2v) is 17.8. The van der Waals surface area contributed by atoms with Crippen LogP contribution in [0, 0.1) is 0 Å². The molecule has 5 heteroatoms. The van der Waals surface area contributed by atoms with Gasteiger partial charge in [-0.15, -0.1) is 0 Å². The largest absolute Gasteiger partial charge is 0.466 e. The van der Waals surface area contributed by atoms with Crippen LogP contribution >= 0.6 is 0 Å². The molecule has 17 heavy (non-hydrogen) atoms. The van der Waals surface area contributed by atoms with Crippen molar-refractivity contribution in [2.24, 2.45) is 0 Å². The second kappa shape index (κ2) is 5.95. The van der Waals surface area contributed by atoms with Gasteiger partial charge in [0.25, 0.3) is 0 Å². The van der Waals surface area contributed by atoms with Crippen LogP contribution in [0.25, 0.3) is 0 Å². The Morgan fingerprint density at radius 1 is 1.00 bits per heavy atom. The van der Waals surface area contributed by atoms with Gasteiger partial charge in [-0.25, -0.2) is 0 Å². The van der Waals surface area contributed by atoms with Crippen molar-refractivity contribution in [2.75, 3.05) is 6.61 Å². The van der Waals surface area contributed by atoms with E-state index >= 15 is 0 Å². The molecule has 0 radical (unpaired) electrons. The minimum Gasteiger partial charge on any atom is -0.466 e. The van der Waals surface area contributed by atoms with Crippen molar-refractivity contribution in [3.8, 4) is 0 Å². The first-order valence-electron chi connectivity index (χ1n) is 6.18. The van der Waals surface area contributed by atoms with E-state index in [0.717, 1.165) is 0 Å². The lowest BCUT2D eigenvalue weighted by atomic mass is 10.3. The van der Waals surface area contributed by atoms with Crippen molar-refractivity contribution in [3.05, 3.63) is 0 Å². The molecular weight excluding hydrogens is 248 g/mol. The fourth-order valence-electron chi connectivity index (χ4n) is 2.72. The SMILES string of the molecule is CCOC(=O)CC(=O)C([Si](C)(C)C)[Si](C)(C)C. The highest BCUT2D eigenvalue weighted by Gasteiger charge is 2.42. The van der Waals surface area contributed by atoms with Crippen LogP contribution in [0.3, 0.4) is 0 Å². The van der Waals surface area contributed by atoms with Crippen molar-refractivity contribution in [2.45, 2.75) is 57.8 Å². The quantitative estimate of drug-likeness (QED) is 0.425. The Balaban J connectivity index is 4.86. The number of esters is 1. The van der Waals surface area contributed by atoms with E-state index in [-0.39, 0.29) is 23.3 Å². The molecule has 0 rings (SSSR count). The van der Waals surface area contributed by atoms with Crippen LogP contribution in [0.15, 0.2) is 0 Å². The molecule has 0 amide bonds. The molecule has 0 spiro atoms. The summed E-state index contributed by atoms with van der Waals surface area (Å²) in [5.74, 6) is -0.277. The lowest BCUT2D eigenvalue weighted by Crippen LogP contribution is -2.48. The summed E-state index contributed by atoms with van der Waals surface area (Å²) in [7, 11) is -3.14. The number of carbonyl (C=O) groups is 2. The Kier molecular flexibility index (Phi) is 5.80. The molecule has 0 atom stereocenters. The van der Waals surface area contributed by atoms with Gasteiger partial charge < -0.3 is 4.74 Å². The lowest BCUT2D eigenvalue weighted by Gasteiger charge is -2.36. The van der Waals surface area contributed by atoms with Gasteiger partial charge in [-0.3, -0.25) is 9.59 Å². The Morgan fingerprint density at radius 3 is 1.71 bits per heavy atom. The molecule has 0 unspecified atom stereocenters. The smallest absolute Gasteiger partial charge is 0.313 e. The van der Waals surface area contributed by atoms with Crippen molar-refractivity contribution < 1.29 is 14.3 Å². The molecule has 0 aliphatic carbocycles. The standard InChI is InChI=1S/C12H26O3Si2/c1-8-15-11(14)9-10(13)12(16(2,3)4)17(5,6)7/h12H,8-9H2,1-7H3. The fourth-order valence-corrected chi connectivity index (χ4v) is 15.2. The number of rotatable bonds is 6. The molecule has 0 aromatic rings. The van der Waals surface area contributed by atoms with Crippen LogP contribution in [-0.2, 0) is 14.3 Å². The van der Waals surface area contributed by atoms with Crippen LogP contribution in [0.5, 0.6) is 0 Å². The molecule has 0 aromatic heterocycles. The average Bonchev–Trinajstić information content (AvgIpc) is 1.96. The van der Waals surface area contributed by atoms with E-state index in [1.54, 1.807) is 6.92 Å². The van der Waals surface area contributed by atoms with Crippen LogP contribution in [0.4, 0.5) is 0 Å². The van der Waals surface area contributed by atoms with Gasteiger partial charge in [0, 0.05) is 5.16 Å². The molecule has 0 heterocycles. The van der Waals surface area contributed by atoms with Crippen molar-refractivity contribution >= 4 is 27.9 Å². The summed E-state index contributed by atoms with van der Waals surface area (Å²) in [6.07, 6.45) is -0.0486. The van der Waals surface area contributed by atoms with Gasteiger partial charge in [0.1, 0.15) is 12.2 Å². The third-order valence-electron chi connectivity index (χ3n) is 2.68. The molecule has 0 saturated heterocycles. The number of ether oxygens (including phenoxy) is 1. The van der Waals surface area contributed by atoms with Crippen LogP contribution in [-0.4, -0.2) is 34.5 Å². The number of hydrogen-bond acceptors (Lipinski definition) is 3. The number of ketones is 1. The Hall–Kier alpha value is -0.426. The van der Waals surface area contributed by atoms with E-state index in [9.17, 15) is 9.59 Å². The first-order chi connectivity index (χ1) is 7.50. The fraction of sp³-hybridized carbons (Fsp3) is 0.833. The van der Waals surface area contributed by atoms with E-state index in [1.807, 2.05) is 0 Å². The van der Waals surface area contributed by atoms with Gasteiger partial charge in [-0.2, -0.15) is 0 Å². The van der Waals surface area contributed by atoms with Gasteiger partial charge in [-0.1, -0.05) is 39.3 Å². The zero-order chi connectivity index (χ0) is 13.9. The highest BCUT2D eigenvalue weighted by molar-refractivity contribution is 7.00. The van der Waals surface area contributed by atoms with E-state index < -0.39 is 16.1 Å². The minimum atomic E-state index is -1.57. The summed E-state index contributed by atoms with van der Waals surface area (Å²) in [5, 5.41) is 0.124. The van der Waals surface area contributed by atoms with E-state index in [1.165, 1.54) is 0 Å². The van der Waals surface area contributed by atoms with Gasteiger partial charge in [-0.05, 0) is 6.92 Å². The number of hydrogen-bond donors (Lipinski definition) is 0. The Morgan fingerprint density at radius 2 is 1.41 bits per heavy atom. The highest BCUT2D eigenvalue weighted by Crippen LogP contribution is 2.33. The summed E-state index contributed by atoms with van der Waals surface area (Å²) in [6.45, 7) is 15.3. The van der Waals surface area contributed by atoms with E-state index in [2.05, 4.69) is 39.3 Å². The summed E-state index contributed by atoms with van der Waals surface area (Å²) in [6, 6.07) is 0. The lowest BCUT2D eigenvalue weighted by molar-refractivity contribution is -0.145. The monoisotopic (exact) mass is 274 g/mol. The maximum Gasteiger partial charge on any atom is 0.313 e. The number of Topliss-reactive ketones (excluding diaryl/α,β-unsaturated/α-hetero) is 1. The summed E-state index contributed by atoms with van der Waals surface area (Å²) in [4.78, 5) is 23.7. The van der Waals surface area contributed by atoms with E-state index in [0.29, 0.717) is 6.61 Å². The second-order valence-electron chi connectivity index (χ2n) is 6.61. The predicted octanol–water partition coefficient (Wildman–Crippen LogP) is 3.09. The molecule has 100 valence electrons. The normalized spacial score (nSPS) is 12.7. The van der Waals surface area contributed by atoms with Crippen molar-refractivity contribution in [1.82, 2.24) is 0 Å². The summed E-state index contributed by atoms with van der Waals surface area (Å²) < 4.78 is 4.86. The molecule has 0 fully saturated rings. The zero-order valence-electron chi connectivity index (χ0n) is 12.2. The van der Waals surface area contributed by atoms with Gasteiger partial charge in [0.2, 0.25) is 0 Å². The molecule has 0 aromatic carbocycles. The predicted molar refractivity (Wildman–Crippen MR) is 76.7 cm³/mol. The van der Waals surface area contributed by atoms with Crippen LogP contribution in [0.2, 0.25) is 44.4 Å². The molecule has 0 bridgehead atoms. The van der Waals surface area contributed by atoms with Gasteiger partial charge in [0.05, 0.1) is 22.8 Å². The van der Waals surface area contributed by atoms with Crippen molar-refractivity contribution in [1.29, 1.82) is 0 Å². The Bertz CT molecular complexity index is 273. The first-order valence-corrected chi connectivity index (χ1v) is 13.3. The van der Waals surface area contributed by atoms with Gasteiger partial charge in [0.15, 0.2) is 0 Å². The zero-order valence-corrected chi connectivity index (χ0v) is 14.2. The Labute approximate surface area is 107 Å². The average molecular weight is 275 g/mol. The molecule has 0 aliphatic rings. The van der Waals surface area contributed by atoms with Crippen molar-refractivity contribution in [3.63, 3.8) is 0 Å². The topological polar surface area (TPSA) is 43.4 Å². The van der Waals surface area contributed by atoms with Crippen LogP contribution in [0.1, 0.15) is 13.3 Å². The minimum absolute atomic E-state index is 0.0486. The maximum atomic E-state index is 12.3. The molecule has 3 nitrogen and oxygen atoms in total. The summed E-state index contributed by atoms with van der Waals surface area (Å²) >= 11 is 0. The van der Waals surface area contributed by atoms with Crippen LogP contribution < -0.4 is 0 Å². The third kappa shape index (κ3) is 5.63. The third-order valence-corrected chi connectivity index (χ3v) is 12.0. The summed E-state index contributed by atoms with van der Waals surface area (Å²) in [5.41, 5.74) is 0.